The summed E-state index contributed by atoms with van der Waals surface area (Å²) in [6, 6.07) is 14.5. The van der Waals surface area contributed by atoms with E-state index in [0.717, 1.165) is 49.1 Å². The maximum Gasteiger partial charge on any atom is 0.159 e. The first-order valence-electron chi connectivity index (χ1n) is 9.47. The first-order valence-corrected chi connectivity index (χ1v) is 9.47. The fraction of sp³-hybridized carbons (Fsp3) is 0.364. The minimum Gasteiger partial charge on any atom is -0.464 e. The Labute approximate surface area is 153 Å². The second-order valence-electron chi connectivity index (χ2n) is 7.62. The molecule has 1 saturated carbocycles. The van der Waals surface area contributed by atoms with Crippen molar-refractivity contribution in [1.82, 2.24) is 14.9 Å². The van der Waals surface area contributed by atoms with Crippen LogP contribution in [0.25, 0.3) is 11.4 Å². The number of rotatable bonds is 4. The molecule has 2 unspecified atom stereocenters. The highest BCUT2D eigenvalue weighted by Crippen LogP contribution is 2.47. The van der Waals surface area contributed by atoms with Gasteiger partial charge in [0.15, 0.2) is 5.82 Å². The van der Waals surface area contributed by atoms with E-state index in [1.54, 1.807) is 0 Å². The maximum atomic E-state index is 6.07. The SMILES string of the molecule is CC1CC1c1ccc(CN2CCc3nc(-c4ccccc4)ncc3C2)o1. The number of fused-ring (bicyclic) bond motifs is 1. The van der Waals surface area contributed by atoms with Crippen molar-refractivity contribution in [2.75, 3.05) is 6.54 Å². The minimum absolute atomic E-state index is 0.649. The highest BCUT2D eigenvalue weighted by atomic mass is 16.3. The van der Waals surface area contributed by atoms with Crippen molar-refractivity contribution in [3.05, 3.63) is 71.4 Å². The van der Waals surface area contributed by atoms with Crippen molar-refractivity contribution in [3.63, 3.8) is 0 Å². The highest BCUT2D eigenvalue weighted by Gasteiger charge is 2.36. The van der Waals surface area contributed by atoms with Gasteiger partial charge in [0.1, 0.15) is 11.5 Å². The van der Waals surface area contributed by atoms with Crippen molar-refractivity contribution in [1.29, 1.82) is 0 Å². The summed E-state index contributed by atoms with van der Waals surface area (Å²) in [7, 11) is 0. The van der Waals surface area contributed by atoms with Gasteiger partial charge in [-0.1, -0.05) is 37.3 Å². The highest BCUT2D eigenvalue weighted by molar-refractivity contribution is 5.54. The normalized spacial score (nSPS) is 22.2. The zero-order valence-electron chi connectivity index (χ0n) is 15.1. The van der Waals surface area contributed by atoms with Gasteiger partial charge in [-0.15, -0.1) is 0 Å². The van der Waals surface area contributed by atoms with Gasteiger partial charge < -0.3 is 4.42 Å². The van der Waals surface area contributed by atoms with E-state index in [-0.39, 0.29) is 0 Å². The van der Waals surface area contributed by atoms with Crippen LogP contribution in [0.2, 0.25) is 0 Å². The second-order valence-corrected chi connectivity index (χ2v) is 7.62. The van der Waals surface area contributed by atoms with E-state index in [1.165, 1.54) is 23.4 Å². The summed E-state index contributed by atoms with van der Waals surface area (Å²) in [5.74, 6) is 4.50. The summed E-state index contributed by atoms with van der Waals surface area (Å²) in [5, 5.41) is 0. The van der Waals surface area contributed by atoms with Gasteiger partial charge >= 0.3 is 0 Å². The molecule has 0 spiro atoms. The van der Waals surface area contributed by atoms with Crippen LogP contribution in [-0.2, 0) is 19.5 Å². The molecule has 26 heavy (non-hydrogen) atoms. The lowest BCUT2D eigenvalue weighted by Gasteiger charge is -2.27. The molecule has 0 N–H and O–H groups in total. The predicted octanol–water partition coefficient (Wildman–Crippen LogP) is 4.42. The molecule has 4 nitrogen and oxygen atoms in total. The number of furan rings is 1. The molecular formula is C22H23N3O. The van der Waals surface area contributed by atoms with Gasteiger partial charge in [-0.3, -0.25) is 4.90 Å². The Morgan fingerprint density at radius 1 is 1.15 bits per heavy atom. The number of hydrogen-bond donors (Lipinski definition) is 0. The van der Waals surface area contributed by atoms with Crippen molar-refractivity contribution < 1.29 is 4.42 Å². The van der Waals surface area contributed by atoms with Gasteiger partial charge in [-0.2, -0.15) is 0 Å². The summed E-state index contributed by atoms with van der Waals surface area (Å²) in [5.41, 5.74) is 3.50. The zero-order chi connectivity index (χ0) is 17.5. The summed E-state index contributed by atoms with van der Waals surface area (Å²) in [6.45, 7) is 5.05. The third-order valence-corrected chi connectivity index (χ3v) is 5.58. The van der Waals surface area contributed by atoms with Gasteiger partial charge in [0.05, 0.1) is 12.2 Å². The molecule has 3 aromatic rings. The predicted molar refractivity (Wildman–Crippen MR) is 101 cm³/mol. The van der Waals surface area contributed by atoms with Crippen LogP contribution in [0.4, 0.5) is 0 Å². The fourth-order valence-corrected chi connectivity index (χ4v) is 3.85. The van der Waals surface area contributed by atoms with Gasteiger partial charge in [-0.05, 0) is 24.5 Å². The first kappa shape index (κ1) is 15.8. The topological polar surface area (TPSA) is 42.2 Å². The molecule has 0 saturated heterocycles. The second kappa shape index (κ2) is 6.36. The number of hydrogen-bond acceptors (Lipinski definition) is 4. The van der Waals surface area contributed by atoms with Crippen LogP contribution in [0.15, 0.2) is 53.1 Å². The van der Waals surface area contributed by atoms with Crippen LogP contribution in [0.5, 0.6) is 0 Å². The van der Waals surface area contributed by atoms with Crippen LogP contribution in [-0.4, -0.2) is 21.4 Å². The van der Waals surface area contributed by atoms with Crippen molar-refractivity contribution in [3.8, 4) is 11.4 Å². The minimum atomic E-state index is 0.649. The molecule has 1 fully saturated rings. The van der Waals surface area contributed by atoms with Gasteiger partial charge in [0.2, 0.25) is 0 Å². The summed E-state index contributed by atoms with van der Waals surface area (Å²) < 4.78 is 6.07. The largest absolute Gasteiger partial charge is 0.464 e. The van der Waals surface area contributed by atoms with E-state index >= 15 is 0 Å². The van der Waals surface area contributed by atoms with E-state index in [0.29, 0.717) is 5.92 Å². The van der Waals surface area contributed by atoms with E-state index in [4.69, 9.17) is 9.40 Å². The molecule has 2 aromatic heterocycles. The fourth-order valence-electron chi connectivity index (χ4n) is 3.85. The number of benzene rings is 1. The van der Waals surface area contributed by atoms with E-state index in [1.807, 2.05) is 24.4 Å². The molecule has 1 aromatic carbocycles. The van der Waals surface area contributed by atoms with Crippen molar-refractivity contribution >= 4 is 0 Å². The molecule has 132 valence electrons. The third kappa shape index (κ3) is 3.06. The van der Waals surface area contributed by atoms with Crippen LogP contribution in [0.3, 0.4) is 0 Å². The van der Waals surface area contributed by atoms with E-state index < -0.39 is 0 Å². The quantitative estimate of drug-likeness (QED) is 0.702. The monoisotopic (exact) mass is 345 g/mol. The standard InChI is InChI=1S/C22H23N3O/c1-15-11-19(15)21-8-7-18(26-21)14-25-10-9-20-17(13-25)12-23-22(24-20)16-5-3-2-4-6-16/h2-8,12,15,19H,9-11,13-14H2,1H3. The Bertz CT molecular complexity index is 918. The van der Waals surface area contributed by atoms with Crippen LogP contribution >= 0.6 is 0 Å². The summed E-state index contributed by atoms with van der Waals surface area (Å²) >= 11 is 0. The maximum absolute atomic E-state index is 6.07. The molecule has 0 bridgehead atoms. The average molecular weight is 345 g/mol. The number of aromatic nitrogens is 2. The van der Waals surface area contributed by atoms with E-state index in [2.05, 4.69) is 41.1 Å². The molecular weight excluding hydrogens is 322 g/mol. The molecule has 1 aliphatic carbocycles. The molecule has 1 aliphatic heterocycles. The average Bonchev–Trinajstić information content (AvgIpc) is 3.23. The molecule has 0 amide bonds. The van der Waals surface area contributed by atoms with Crippen LogP contribution in [0.1, 0.15) is 42.0 Å². The Morgan fingerprint density at radius 2 is 2.00 bits per heavy atom. The molecule has 2 atom stereocenters. The molecule has 3 heterocycles. The van der Waals surface area contributed by atoms with E-state index in [9.17, 15) is 0 Å². The Kier molecular flexibility index (Phi) is 3.86. The summed E-state index contributed by atoms with van der Waals surface area (Å²) in [6.07, 6.45) is 4.23. The Morgan fingerprint density at radius 3 is 2.81 bits per heavy atom. The zero-order valence-corrected chi connectivity index (χ0v) is 15.1. The van der Waals surface area contributed by atoms with Crippen LogP contribution < -0.4 is 0 Å². The summed E-state index contributed by atoms with van der Waals surface area (Å²) in [4.78, 5) is 11.8. The molecule has 4 heteroatoms. The Balaban J connectivity index is 1.29. The van der Waals surface area contributed by atoms with Gasteiger partial charge in [-0.25, -0.2) is 9.97 Å². The first-order chi connectivity index (χ1) is 12.8. The lowest BCUT2D eigenvalue weighted by atomic mass is 10.1. The lowest BCUT2D eigenvalue weighted by molar-refractivity contribution is 0.221. The van der Waals surface area contributed by atoms with Crippen molar-refractivity contribution in [2.24, 2.45) is 5.92 Å². The van der Waals surface area contributed by atoms with Gasteiger partial charge in [0.25, 0.3) is 0 Å². The molecule has 2 aliphatic rings. The number of nitrogens with zero attached hydrogens (tertiary/aromatic N) is 3. The van der Waals surface area contributed by atoms with Crippen LogP contribution in [0, 0.1) is 5.92 Å². The smallest absolute Gasteiger partial charge is 0.159 e. The molecule has 0 radical (unpaired) electrons. The molecule has 5 rings (SSSR count). The van der Waals surface area contributed by atoms with Gasteiger partial charge in [0, 0.05) is 42.8 Å². The van der Waals surface area contributed by atoms with Crippen molar-refractivity contribution in [2.45, 2.75) is 38.8 Å². The third-order valence-electron chi connectivity index (χ3n) is 5.58. The Hall–Kier alpha value is -2.46. The lowest BCUT2D eigenvalue weighted by Crippen LogP contribution is -2.30.